The van der Waals surface area contributed by atoms with E-state index in [1.807, 2.05) is 11.9 Å². The molecular weight excluding hydrogens is 596 g/mol. The summed E-state index contributed by atoms with van der Waals surface area (Å²) in [6, 6.07) is 7.87. The van der Waals surface area contributed by atoms with E-state index in [4.69, 9.17) is 4.74 Å². The average Bonchev–Trinajstić information content (AvgIpc) is 3.63. The van der Waals surface area contributed by atoms with Crippen molar-refractivity contribution in [1.29, 1.82) is 0 Å². The van der Waals surface area contributed by atoms with Crippen LogP contribution in [0.4, 0.5) is 17.3 Å². The van der Waals surface area contributed by atoms with E-state index in [1.54, 1.807) is 59.5 Å². The first-order chi connectivity index (χ1) is 22.1. The van der Waals surface area contributed by atoms with Crippen LogP contribution in [0.5, 0.6) is 5.88 Å². The molecule has 1 aliphatic rings. The van der Waals surface area contributed by atoms with E-state index < -0.39 is 23.5 Å². The smallest absolute Gasteiger partial charge is 0.338 e. The van der Waals surface area contributed by atoms with E-state index in [0.717, 1.165) is 6.07 Å². The van der Waals surface area contributed by atoms with Crippen molar-refractivity contribution in [3.63, 3.8) is 0 Å². The number of carboxylic acids is 3. The molecule has 6 rings (SSSR count). The lowest BCUT2D eigenvalue weighted by molar-refractivity contribution is 0.0696. The van der Waals surface area contributed by atoms with Gasteiger partial charge in [-0.1, -0.05) is 18.2 Å². The quantitative estimate of drug-likeness (QED) is 0.159. The van der Waals surface area contributed by atoms with Gasteiger partial charge in [-0.2, -0.15) is 0 Å². The fourth-order valence-corrected chi connectivity index (χ4v) is 5.82. The molecule has 0 amide bonds. The summed E-state index contributed by atoms with van der Waals surface area (Å²) < 4.78 is 6.89. The molecule has 0 atom stereocenters. The Morgan fingerprint density at radius 2 is 1.70 bits per heavy atom. The van der Waals surface area contributed by atoms with E-state index in [9.17, 15) is 29.7 Å². The standard InChI is InChI=1S/C31H30N8O7/c1-37-9-11-39(12-10-37)26-19(29(42)43)13-18(28(40)41)23(24(26)30(44)45)17-6-4-5-16-20(14-33-25(16)17)21-7-8-32-31(34-21)35-22-15-38(2)36-27(22)46-3/h4-8,13-15,33H,9-12H2,1-3H3,(H,40,41)(H,42,43)(H,44,45)(H,32,34,35). The normalized spacial score (nSPS) is 13.6. The second-order valence-electron chi connectivity index (χ2n) is 10.8. The Bertz CT molecular complexity index is 2010. The number of H-pyrrole nitrogens is 1. The van der Waals surface area contributed by atoms with Crippen LogP contribution >= 0.6 is 0 Å². The Labute approximate surface area is 261 Å². The molecule has 0 radical (unpaired) electrons. The van der Waals surface area contributed by atoms with Crippen LogP contribution in [0.15, 0.2) is 48.9 Å². The highest BCUT2D eigenvalue weighted by Gasteiger charge is 2.33. The number of nitrogens with zero attached hydrogens (tertiary/aromatic N) is 6. The number of fused-ring (bicyclic) bond motifs is 1. The summed E-state index contributed by atoms with van der Waals surface area (Å²) in [6.07, 6.45) is 4.99. The van der Waals surface area contributed by atoms with Crippen molar-refractivity contribution in [1.82, 2.24) is 29.6 Å². The van der Waals surface area contributed by atoms with Gasteiger partial charge in [-0.3, -0.25) is 4.68 Å². The number of hydrogen-bond donors (Lipinski definition) is 5. The number of aromatic nitrogens is 5. The number of nitrogens with one attached hydrogen (secondary N) is 2. The molecule has 5 N–H and O–H groups in total. The molecule has 0 saturated carbocycles. The van der Waals surface area contributed by atoms with E-state index in [2.05, 4.69) is 25.4 Å². The number of aromatic amines is 1. The maximum atomic E-state index is 13.0. The largest absolute Gasteiger partial charge is 0.478 e. The lowest BCUT2D eigenvalue weighted by atomic mass is 9.88. The molecule has 15 heteroatoms. The maximum Gasteiger partial charge on any atom is 0.338 e. The van der Waals surface area contributed by atoms with Gasteiger partial charge in [0, 0.05) is 67.7 Å². The number of carboxylic acid groups (broad SMARTS) is 3. The summed E-state index contributed by atoms with van der Waals surface area (Å²) in [7, 11) is 5.18. The van der Waals surface area contributed by atoms with Crippen molar-refractivity contribution in [3.05, 3.63) is 65.6 Å². The Kier molecular flexibility index (Phi) is 7.75. The molecule has 1 saturated heterocycles. The lowest BCUT2D eigenvalue weighted by Crippen LogP contribution is -2.45. The highest BCUT2D eigenvalue weighted by molar-refractivity contribution is 6.16. The summed E-state index contributed by atoms with van der Waals surface area (Å²) in [5.74, 6) is -3.66. The molecule has 4 heterocycles. The van der Waals surface area contributed by atoms with Crippen LogP contribution in [0.25, 0.3) is 33.3 Å². The molecule has 0 spiro atoms. The number of ether oxygens (including phenoxy) is 1. The highest BCUT2D eigenvalue weighted by Crippen LogP contribution is 2.42. The Morgan fingerprint density at radius 1 is 0.957 bits per heavy atom. The number of carbonyl (C=O) groups is 3. The molecule has 46 heavy (non-hydrogen) atoms. The highest BCUT2D eigenvalue weighted by atomic mass is 16.5. The average molecular weight is 627 g/mol. The van der Waals surface area contributed by atoms with Gasteiger partial charge in [0.2, 0.25) is 5.95 Å². The van der Waals surface area contributed by atoms with Gasteiger partial charge in [0.15, 0.2) is 0 Å². The van der Waals surface area contributed by atoms with Gasteiger partial charge >= 0.3 is 17.9 Å². The Hall–Kier alpha value is -5.96. The number of methoxy groups -OCH3 is 1. The van der Waals surface area contributed by atoms with Gasteiger partial charge < -0.3 is 40.2 Å². The van der Waals surface area contributed by atoms with Crippen LogP contribution in [0, 0.1) is 0 Å². The molecule has 0 bridgehead atoms. The first-order valence-corrected chi connectivity index (χ1v) is 14.2. The first-order valence-electron chi connectivity index (χ1n) is 14.2. The van der Waals surface area contributed by atoms with Crippen molar-refractivity contribution in [2.24, 2.45) is 7.05 Å². The number of aryl methyl sites for hydroxylation is 1. The minimum absolute atomic E-state index is 0.0192. The van der Waals surface area contributed by atoms with Crippen molar-refractivity contribution in [2.75, 3.05) is 50.6 Å². The van der Waals surface area contributed by atoms with Gasteiger partial charge in [-0.05, 0) is 19.2 Å². The van der Waals surface area contributed by atoms with Crippen LogP contribution in [0.2, 0.25) is 0 Å². The third-order valence-electron chi connectivity index (χ3n) is 7.95. The van der Waals surface area contributed by atoms with Crippen LogP contribution in [-0.4, -0.2) is 103 Å². The molecule has 5 aromatic rings. The SMILES string of the molecule is COc1nn(C)cc1Nc1nccc(-c2c[nH]c3c(-c4c(C(=O)O)cc(C(=O)O)c(N5CCN(C)CC5)c4C(=O)O)cccc23)n1. The van der Waals surface area contributed by atoms with E-state index in [1.165, 1.54) is 7.11 Å². The molecule has 2 aromatic carbocycles. The van der Waals surface area contributed by atoms with E-state index >= 15 is 0 Å². The molecule has 0 unspecified atom stereocenters. The summed E-state index contributed by atoms with van der Waals surface area (Å²) in [5.41, 5.74) is 1.17. The topological polar surface area (TPSA) is 199 Å². The van der Waals surface area contributed by atoms with Crippen LogP contribution < -0.4 is 15.0 Å². The van der Waals surface area contributed by atoms with Gasteiger partial charge in [-0.25, -0.2) is 24.4 Å². The molecule has 236 valence electrons. The van der Waals surface area contributed by atoms with Crippen molar-refractivity contribution >= 4 is 46.1 Å². The van der Waals surface area contributed by atoms with Crippen molar-refractivity contribution in [2.45, 2.75) is 0 Å². The summed E-state index contributed by atoms with van der Waals surface area (Å²) in [4.78, 5) is 53.9. The maximum absolute atomic E-state index is 13.0. The number of piperazine rings is 1. The number of hydrogen-bond acceptors (Lipinski definition) is 10. The number of aromatic carboxylic acids is 3. The summed E-state index contributed by atoms with van der Waals surface area (Å²) >= 11 is 0. The number of para-hydroxylation sites is 1. The summed E-state index contributed by atoms with van der Waals surface area (Å²) in [5, 5.41) is 38.9. The molecule has 1 aliphatic heterocycles. The van der Waals surface area contributed by atoms with Crippen LogP contribution in [-0.2, 0) is 7.05 Å². The van der Waals surface area contributed by atoms with Crippen molar-refractivity contribution in [3.8, 4) is 28.3 Å². The van der Waals surface area contributed by atoms with E-state index in [0.29, 0.717) is 65.5 Å². The van der Waals surface area contributed by atoms with Crippen molar-refractivity contribution < 1.29 is 34.4 Å². The lowest BCUT2D eigenvalue weighted by Gasteiger charge is -2.36. The molecule has 15 nitrogen and oxygen atoms in total. The first kappa shape index (κ1) is 30.1. The molecule has 3 aromatic heterocycles. The number of anilines is 3. The second kappa shape index (κ2) is 11.9. The molecule has 1 fully saturated rings. The van der Waals surface area contributed by atoms with E-state index in [-0.39, 0.29) is 28.3 Å². The monoisotopic (exact) mass is 626 g/mol. The Morgan fingerprint density at radius 3 is 2.37 bits per heavy atom. The number of rotatable bonds is 9. The van der Waals surface area contributed by atoms with Crippen LogP contribution in [0.1, 0.15) is 31.1 Å². The summed E-state index contributed by atoms with van der Waals surface area (Å²) in [6.45, 7) is 1.89. The minimum atomic E-state index is -1.45. The predicted molar refractivity (Wildman–Crippen MR) is 168 cm³/mol. The number of likely N-dealkylation sites (N-methyl/N-ethyl adjacent to an activating group) is 1. The second-order valence-corrected chi connectivity index (χ2v) is 10.8. The fourth-order valence-electron chi connectivity index (χ4n) is 5.82. The number of benzene rings is 2. The third-order valence-corrected chi connectivity index (χ3v) is 7.95. The fraction of sp³-hybridized carbons (Fsp3) is 0.226. The molecular formula is C31H30N8O7. The van der Waals surface area contributed by atoms with Gasteiger partial charge in [0.1, 0.15) is 5.69 Å². The Balaban J connectivity index is 1.52. The van der Waals surface area contributed by atoms with Crippen LogP contribution in [0.3, 0.4) is 0 Å². The zero-order valence-electron chi connectivity index (χ0n) is 25.1. The zero-order chi connectivity index (χ0) is 32.7. The minimum Gasteiger partial charge on any atom is -0.478 e. The predicted octanol–water partition coefficient (Wildman–Crippen LogP) is 3.62. The van der Waals surface area contributed by atoms with Gasteiger partial charge in [-0.15, -0.1) is 5.10 Å². The van der Waals surface area contributed by atoms with Gasteiger partial charge in [0.25, 0.3) is 5.88 Å². The van der Waals surface area contributed by atoms with Gasteiger partial charge in [0.05, 0.1) is 46.9 Å². The third kappa shape index (κ3) is 5.32. The zero-order valence-corrected chi connectivity index (χ0v) is 25.1. The molecule has 0 aliphatic carbocycles.